The Balaban J connectivity index is 1.85. The van der Waals surface area contributed by atoms with E-state index in [0.717, 1.165) is 35.2 Å². The SMILES string of the molecule is C1=NC=C(Cc2nnc(-c3ccccc3)c3ccccc23)C1. The van der Waals surface area contributed by atoms with Gasteiger partial charge >= 0.3 is 0 Å². The minimum Gasteiger partial charge on any atom is -0.269 e. The molecule has 3 nitrogen and oxygen atoms in total. The molecule has 3 heteroatoms. The largest absolute Gasteiger partial charge is 0.269 e. The molecular weight excluding hydrogens is 270 g/mol. The third-order valence-electron chi connectivity index (χ3n) is 3.92. The Morgan fingerprint density at radius 3 is 2.36 bits per heavy atom. The Hall–Kier alpha value is -2.81. The van der Waals surface area contributed by atoms with Crippen molar-refractivity contribution >= 4 is 17.0 Å². The van der Waals surface area contributed by atoms with Gasteiger partial charge in [0.25, 0.3) is 0 Å². The highest BCUT2D eigenvalue weighted by molar-refractivity contribution is 5.95. The molecular formula is C19H15N3. The van der Waals surface area contributed by atoms with E-state index in [1.54, 1.807) is 0 Å². The maximum absolute atomic E-state index is 4.50. The van der Waals surface area contributed by atoms with Crippen molar-refractivity contribution in [3.63, 3.8) is 0 Å². The second-order valence-corrected chi connectivity index (χ2v) is 5.41. The Labute approximate surface area is 129 Å². The molecule has 0 N–H and O–H groups in total. The zero-order chi connectivity index (χ0) is 14.8. The smallest absolute Gasteiger partial charge is 0.101 e. The summed E-state index contributed by atoms with van der Waals surface area (Å²) in [5.41, 5.74) is 4.34. The number of aliphatic imine (C=N–C) groups is 1. The van der Waals surface area contributed by atoms with Gasteiger partial charge in [0.05, 0.1) is 5.69 Å². The molecule has 2 heterocycles. The molecule has 0 amide bonds. The first-order valence-corrected chi connectivity index (χ1v) is 7.41. The highest BCUT2D eigenvalue weighted by Gasteiger charge is 2.12. The minimum atomic E-state index is 0.808. The maximum atomic E-state index is 4.50. The lowest BCUT2D eigenvalue weighted by molar-refractivity contribution is 0.946. The van der Waals surface area contributed by atoms with Gasteiger partial charge in [-0.15, -0.1) is 5.10 Å². The molecule has 22 heavy (non-hydrogen) atoms. The van der Waals surface area contributed by atoms with Crippen LogP contribution < -0.4 is 0 Å². The second-order valence-electron chi connectivity index (χ2n) is 5.41. The lowest BCUT2D eigenvalue weighted by atomic mass is 10.0. The predicted molar refractivity (Wildman–Crippen MR) is 89.9 cm³/mol. The minimum absolute atomic E-state index is 0.808. The lowest BCUT2D eigenvalue weighted by Gasteiger charge is -2.09. The van der Waals surface area contributed by atoms with Crippen molar-refractivity contribution < 1.29 is 0 Å². The summed E-state index contributed by atoms with van der Waals surface area (Å²) in [6.07, 6.45) is 5.59. The molecule has 4 rings (SSSR count). The Morgan fingerprint density at radius 2 is 1.59 bits per heavy atom. The first kappa shape index (κ1) is 12.9. The summed E-state index contributed by atoms with van der Waals surface area (Å²) in [7, 11) is 0. The van der Waals surface area contributed by atoms with Crippen molar-refractivity contribution in [2.75, 3.05) is 0 Å². The third kappa shape index (κ3) is 2.31. The van der Waals surface area contributed by atoms with Gasteiger partial charge in [-0.3, -0.25) is 4.99 Å². The van der Waals surface area contributed by atoms with E-state index in [2.05, 4.69) is 51.6 Å². The van der Waals surface area contributed by atoms with E-state index >= 15 is 0 Å². The average Bonchev–Trinajstić information content (AvgIpc) is 3.09. The highest BCUT2D eigenvalue weighted by Crippen LogP contribution is 2.28. The van der Waals surface area contributed by atoms with E-state index < -0.39 is 0 Å². The van der Waals surface area contributed by atoms with E-state index in [1.807, 2.05) is 30.6 Å². The fourth-order valence-electron chi connectivity index (χ4n) is 2.81. The van der Waals surface area contributed by atoms with E-state index in [-0.39, 0.29) is 0 Å². The topological polar surface area (TPSA) is 38.1 Å². The summed E-state index contributed by atoms with van der Waals surface area (Å²) in [6.45, 7) is 0. The molecule has 0 saturated heterocycles. The molecule has 2 aromatic carbocycles. The van der Waals surface area contributed by atoms with E-state index in [1.165, 1.54) is 11.0 Å². The van der Waals surface area contributed by atoms with Crippen LogP contribution in [0.15, 0.2) is 71.4 Å². The Bertz CT molecular complexity index is 880. The summed E-state index contributed by atoms with van der Waals surface area (Å²) in [5, 5.41) is 11.3. The van der Waals surface area contributed by atoms with E-state index in [4.69, 9.17) is 0 Å². The van der Waals surface area contributed by atoms with Crippen molar-refractivity contribution in [3.05, 3.63) is 72.1 Å². The predicted octanol–water partition coefficient (Wildman–Crippen LogP) is 4.20. The number of hydrogen-bond acceptors (Lipinski definition) is 3. The molecule has 3 aromatic rings. The van der Waals surface area contributed by atoms with Gasteiger partial charge in [-0.2, -0.15) is 5.10 Å². The third-order valence-corrected chi connectivity index (χ3v) is 3.92. The summed E-state index contributed by atoms with van der Waals surface area (Å²) >= 11 is 0. The lowest BCUT2D eigenvalue weighted by Crippen LogP contribution is -1.99. The quantitative estimate of drug-likeness (QED) is 0.723. The Morgan fingerprint density at radius 1 is 0.818 bits per heavy atom. The average molecular weight is 285 g/mol. The summed E-state index contributed by atoms with van der Waals surface area (Å²) < 4.78 is 0. The molecule has 0 aliphatic carbocycles. The molecule has 0 spiro atoms. The zero-order valence-electron chi connectivity index (χ0n) is 12.1. The van der Waals surface area contributed by atoms with Crippen LogP contribution in [0, 0.1) is 0 Å². The van der Waals surface area contributed by atoms with Crippen LogP contribution in [0.2, 0.25) is 0 Å². The zero-order valence-corrected chi connectivity index (χ0v) is 12.1. The van der Waals surface area contributed by atoms with Gasteiger partial charge < -0.3 is 0 Å². The molecule has 0 unspecified atom stereocenters. The molecule has 0 fully saturated rings. The van der Waals surface area contributed by atoms with Crippen LogP contribution in [0.1, 0.15) is 12.1 Å². The van der Waals surface area contributed by atoms with Crippen molar-refractivity contribution in [1.82, 2.24) is 10.2 Å². The first-order chi connectivity index (χ1) is 10.9. The van der Waals surface area contributed by atoms with Gasteiger partial charge in [0.2, 0.25) is 0 Å². The first-order valence-electron chi connectivity index (χ1n) is 7.41. The van der Waals surface area contributed by atoms with Crippen molar-refractivity contribution in [1.29, 1.82) is 0 Å². The summed E-state index contributed by atoms with van der Waals surface area (Å²) in [5.74, 6) is 0. The van der Waals surface area contributed by atoms with Crippen LogP contribution in [0.5, 0.6) is 0 Å². The molecule has 1 aromatic heterocycles. The van der Waals surface area contributed by atoms with Gasteiger partial charge in [-0.25, -0.2) is 0 Å². The summed E-state index contributed by atoms with van der Waals surface area (Å²) in [4.78, 5) is 4.17. The van der Waals surface area contributed by atoms with Gasteiger partial charge in [-0.1, -0.05) is 54.6 Å². The molecule has 106 valence electrons. The number of allylic oxidation sites excluding steroid dienone is 1. The van der Waals surface area contributed by atoms with Gasteiger partial charge in [0, 0.05) is 41.6 Å². The molecule has 1 aliphatic rings. The van der Waals surface area contributed by atoms with Gasteiger partial charge in [0.1, 0.15) is 5.69 Å². The van der Waals surface area contributed by atoms with E-state index in [9.17, 15) is 0 Å². The number of fused-ring (bicyclic) bond motifs is 1. The van der Waals surface area contributed by atoms with Crippen LogP contribution >= 0.6 is 0 Å². The highest BCUT2D eigenvalue weighted by atomic mass is 15.1. The molecule has 0 saturated carbocycles. The second kappa shape index (κ2) is 5.53. The monoisotopic (exact) mass is 285 g/mol. The maximum Gasteiger partial charge on any atom is 0.101 e. The van der Waals surface area contributed by atoms with Crippen molar-refractivity contribution in [2.24, 2.45) is 4.99 Å². The normalized spacial score (nSPS) is 13.5. The van der Waals surface area contributed by atoms with Crippen LogP contribution in [-0.2, 0) is 6.42 Å². The van der Waals surface area contributed by atoms with Crippen molar-refractivity contribution in [3.8, 4) is 11.3 Å². The van der Waals surface area contributed by atoms with Crippen LogP contribution in [0.3, 0.4) is 0 Å². The molecule has 0 radical (unpaired) electrons. The number of aromatic nitrogens is 2. The van der Waals surface area contributed by atoms with Crippen molar-refractivity contribution in [2.45, 2.75) is 12.8 Å². The van der Waals surface area contributed by atoms with Gasteiger partial charge in [0.15, 0.2) is 0 Å². The van der Waals surface area contributed by atoms with Crippen LogP contribution in [-0.4, -0.2) is 16.4 Å². The number of benzene rings is 2. The molecule has 0 bridgehead atoms. The van der Waals surface area contributed by atoms with Crippen LogP contribution in [0.25, 0.3) is 22.0 Å². The van der Waals surface area contributed by atoms with Gasteiger partial charge in [-0.05, 0) is 5.57 Å². The summed E-state index contributed by atoms with van der Waals surface area (Å²) in [6, 6.07) is 18.6. The fraction of sp³-hybridized carbons (Fsp3) is 0.105. The van der Waals surface area contributed by atoms with E-state index in [0.29, 0.717) is 0 Å². The Kier molecular flexibility index (Phi) is 3.24. The number of nitrogens with zero attached hydrogens (tertiary/aromatic N) is 3. The molecule has 1 aliphatic heterocycles. The number of hydrogen-bond donors (Lipinski definition) is 0. The molecule has 0 atom stereocenters. The van der Waals surface area contributed by atoms with Crippen LogP contribution in [0.4, 0.5) is 0 Å². The fourth-order valence-corrected chi connectivity index (χ4v) is 2.81. The standard InChI is InChI=1S/C19H15N3/c1-2-6-15(7-3-1)19-17-9-5-4-8-16(17)18(21-22-19)12-14-10-11-20-13-14/h1-9,11,13H,10,12H2. The number of rotatable bonds is 3.